The molecule has 152 valence electrons. The summed E-state index contributed by atoms with van der Waals surface area (Å²) in [6.45, 7) is 4.39. The predicted molar refractivity (Wildman–Crippen MR) is 117 cm³/mol. The maximum Gasteiger partial charge on any atom is 0.262 e. The molecule has 0 radical (unpaired) electrons. The van der Waals surface area contributed by atoms with Crippen molar-refractivity contribution in [3.63, 3.8) is 0 Å². The van der Waals surface area contributed by atoms with E-state index in [1.165, 1.54) is 16.9 Å². The molecule has 0 bridgehead atoms. The highest BCUT2D eigenvalue weighted by atomic mass is 32.1. The second kappa shape index (κ2) is 8.47. The Balaban J connectivity index is 1.49. The van der Waals surface area contributed by atoms with Crippen LogP contribution in [0.3, 0.4) is 0 Å². The van der Waals surface area contributed by atoms with E-state index in [-0.39, 0.29) is 23.9 Å². The second-order valence-electron chi connectivity index (χ2n) is 7.83. The minimum absolute atomic E-state index is 0.00405. The lowest BCUT2D eigenvalue weighted by Gasteiger charge is -2.29. The van der Waals surface area contributed by atoms with Gasteiger partial charge in [-0.3, -0.25) is 14.2 Å². The third kappa shape index (κ3) is 4.41. The molecule has 1 aliphatic heterocycles. The van der Waals surface area contributed by atoms with Gasteiger partial charge in [-0.1, -0.05) is 29.8 Å². The molecule has 1 saturated heterocycles. The average Bonchev–Trinajstić information content (AvgIpc) is 3.15. The molecule has 2 aromatic heterocycles. The number of carbonyl (C=O) groups is 1. The van der Waals surface area contributed by atoms with E-state index >= 15 is 0 Å². The van der Waals surface area contributed by atoms with Crippen molar-refractivity contribution in [1.82, 2.24) is 19.8 Å². The van der Waals surface area contributed by atoms with Crippen LogP contribution in [0.2, 0.25) is 0 Å². The fourth-order valence-electron chi connectivity index (χ4n) is 3.75. The number of hydrogen-bond acceptors (Lipinski definition) is 5. The van der Waals surface area contributed by atoms with Crippen molar-refractivity contribution in [3.8, 4) is 11.1 Å². The molecular formula is C22H26N4O2S. The lowest BCUT2D eigenvalue weighted by atomic mass is 10.1. The molecule has 4 rings (SSSR count). The van der Waals surface area contributed by atoms with Crippen molar-refractivity contribution in [1.29, 1.82) is 0 Å². The van der Waals surface area contributed by atoms with Crippen LogP contribution in [0, 0.1) is 6.92 Å². The van der Waals surface area contributed by atoms with Crippen LogP contribution in [0.1, 0.15) is 24.8 Å². The molecule has 0 aliphatic carbocycles. The second-order valence-corrected chi connectivity index (χ2v) is 8.69. The smallest absolute Gasteiger partial charge is 0.262 e. The summed E-state index contributed by atoms with van der Waals surface area (Å²) in [5, 5.41) is 5.73. The van der Waals surface area contributed by atoms with Crippen molar-refractivity contribution < 1.29 is 4.79 Å². The summed E-state index contributed by atoms with van der Waals surface area (Å²) in [6, 6.07) is 8.38. The Bertz CT molecular complexity index is 1060. The summed E-state index contributed by atoms with van der Waals surface area (Å²) in [7, 11) is 2.10. The van der Waals surface area contributed by atoms with Gasteiger partial charge in [-0.15, -0.1) is 11.3 Å². The van der Waals surface area contributed by atoms with E-state index in [1.54, 1.807) is 10.9 Å². The summed E-state index contributed by atoms with van der Waals surface area (Å²) < 4.78 is 1.56. The van der Waals surface area contributed by atoms with Gasteiger partial charge in [0.25, 0.3) is 5.56 Å². The number of hydrogen-bond donors (Lipinski definition) is 1. The minimum atomic E-state index is -0.0843. The first-order chi connectivity index (χ1) is 14.0. The van der Waals surface area contributed by atoms with Crippen LogP contribution in [0.5, 0.6) is 0 Å². The Kier molecular flexibility index (Phi) is 5.78. The molecule has 1 fully saturated rings. The number of thiophene rings is 1. The zero-order chi connectivity index (χ0) is 20.4. The van der Waals surface area contributed by atoms with Crippen molar-refractivity contribution in [2.45, 2.75) is 38.8 Å². The van der Waals surface area contributed by atoms with E-state index in [2.05, 4.69) is 22.2 Å². The molecule has 7 heteroatoms. The molecule has 1 amide bonds. The lowest BCUT2D eigenvalue weighted by Crippen LogP contribution is -2.43. The first-order valence-corrected chi connectivity index (χ1v) is 10.9. The van der Waals surface area contributed by atoms with Crippen LogP contribution in [0.4, 0.5) is 0 Å². The van der Waals surface area contributed by atoms with Gasteiger partial charge < -0.3 is 10.2 Å². The molecule has 0 unspecified atom stereocenters. The highest BCUT2D eigenvalue weighted by molar-refractivity contribution is 7.17. The van der Waals surface area contributed by atoms with Gasteiger partial charge >= 0.3 is 0 Å². The fraction of sp³-hybridized carbons (Fsp3) is 0.409. The van der Waals surface area contributed by atoms with Gasteiger partial charge in [0.15, 0.2) is 0 Å². The van der Waals surface area contributed by atoms with Crippen LogP contribution in [0.15, 0.2) is 40.8 Å². The zero-order valence-corrected chi connectivity index (χ0v) is 17.7. The molecule has 29 heavy (non-hydrogen) atoms. The number of nitrogens with one attached hydrogen (secondary N) is 1. The number of nitrogens with zero attached hydrogens (tertiary/aromatic N) is 3. The Hall–Kier alpha value is -2.51. The van der Waals surface area contributed by atoms with E-state index in [0.717, 1.165) is 41.9 Å². The molecule has 0 spiro atoms. The van der Waals surface area contributed by atoms with Crippen LogP contribution in [-0.4, -0.2) is 46.5 Å². The molecule has 1 aromatic carbocycles. The molecule has 3 aromatic rings. The van der Waals surface area contributed by atoms with Gasteiger partial charge in [-0.05, 0) is 45.5 Å². The van der Waals surface area contributed by atoms with E-state index < -0.39 is 0 Å². The molecule has 1 aliphatic rings. The van der Waals surface area contributed by atoms with E-state index in [9.17, 15) is 9.59 Å². The van der Waals surface area contributed by atoms with Crippen LogP contribution < -0.4 is 10.9 Å². The molecule has 0 atom stereocenters. The fourth-order valence-corrected chi connectivity index (χ4v) is 4.65. The first-order valence-electron chi connectivity index (χ1n) is 10.0. The first kappa shape index (κ1) is 19.8. The van der Waals surface area contributed by atoms with Gasteiger partial charge in [-0.25, -0.2) is 4.98 Å². The van der Waals surface area contributed by atoms with E-state index in [1.807, 2.05) is 36.6 Å². The lowest BCUT2D eigenvalue weighted by molar-refractivity contribution is -0.122. The Morgan fingerprint density at radius 2 is 1.97 bits per heavy atom. The highest BCUT2D eigenvalue weighted by Crippen LogP contribution is 2.30. The number of amides is 1. The van der Waals surface area contributed by atoms with Gasteiger partial charge in [-0.2, -0.15) is 0 Å². The number of piperidine rings is 1. The number of fused-ring (bicyclic) bond motifs is 1. The van der Waals surface area contributed by atoms with Crippen molar-refractivity contribution in [2.75, 3.05) is 20.1 Å². The standard InChI is InChI=1S/C22H26N4O2S/c1-15-3-5-16(6-4-15)18-13-29-21-20(18)22(28)26(14-23-21)12-9-19(27)24-17-7-10-25(2)11-8-17/h3-6,13-14,17H,7-12H2,1-2H3,(H,24,27). The largest absolute Gasteiger partial charge is 0.353 e. The van der Waals surface area contributed by atoms with Crippen LogP contribution >= 0.6 is 11.3 Å². The van der Waals surface area contributed by atoms with Crippen LogP contribution in [-0.2, 0) is 11.3 Å². The van der Waals surface area contributed by atoms with Crippen molar-refractivity contribution >= 4 is 27.5 Å². The third-order valence-corrected chi connectivity index (χ3v) is 6.47. The number of aromatic nitrogens is 2. The predicted octanol–water partition coefficient (Wildman–Crippen LogP) is 3.03. The summed E-state index contributed by atoms with van der Waals surface area (Å²) in [5.74, 6) is -0.00405. The van der Waals surface area contributed by atoms with Crippen LogP contribution in [0.25, 0.3) is 21.3 Å². The van der Waals surface area contributed by atoms with E-state index in [0.29, 0.717) is 11.9 Å². The monoisotopic (exact) mass is 410 g/mol. The summed E-state index contributed by atoms with van der Waals surface area (Å²) in [5.41, 5.74) is 3.02. The number of likely N-dealkylation sites (tertiary alicyclic amines) is 1. The Labute approximate surface area is 174 Å². The van der Waals surface area contributed by atoms with Gasteiger partial charge in [0.05, 0.1) is 11.7 Å². The average molecular weight is 411 g/mol. The molecular weight excluding hydrogens is 384 g/mol. The summed E-state index contributed by atoms with van der Waals surface area (Å²) in [6.07, 6.45) is 3.79. The maximum atomic E-state index is 13.1. The Morgan fingerprint density at radius 1 is 1.24 bits per heavy atom. The van der Waals surface area contributed by atoms with Gasteiger partial charge in [0, 0.05) is 30.0 Å². The maximum absolute atomic E-state index is 13.1. The third-order valence-electron chi connectivity index (χ3n) is 5.59. The number of aryl methyl sites for hydroxylation is 2. The van der Waals surface area contributed by atoms with Gasteiger partial charge in [0.1, 0.15) is 4.83 Å². The molecule has 6 nitrogen and oxygen atoms in total. The highest BCUT2D eigenvalue weighted by Gasteiger charge is 2.19. The van der Waals surface area contributed by atoms with Crippen molar-refractivity contribution in [3.05, 3.63) is 51.9 Å². The number of benzene rings is 1. The number of carbonyl (C=O) groups excluding carboxylic acids is 1. The molecule has 0 saturated carbocycles. The quantitative estimate of drug-likeness (QED) is 0.702. The van der Waals surface area contributed by atoms with Crippen molar-refractivity contribution in [2.24, 2.45) is 0 Å². The SMILES string of the molecule is Cc1ccc(-c2csc3ncn(CCC(=O)NC4CCN(C)CC4)c(=O)c23)cc1. The summed E-state index contributed by atoms with van der Waals surface area (Å²) >= 11 is 1.48. The normalized spacial score (nSPS) is 15.7. The zero-order valence-electron chi connectivity index (χ0n) is 16.9. The molecule has 1 N–H and O–H groups in total. The Morgan fingerprint density at radius 3 is 2.69 bits per heavy atom. The van der Waals surface area contributed by atoms with Gasteiger partial charge in [0.2, 0.25) is 5.91 Å². The topological polar surface area (TPSA) is 67.2 Å². The summed E-state index contributed by atoms with van der Waals surface area (Å²) in [4.78, 5) is 32.9. The number of rotatable bonds is 5. The van der Waals surface area contributed by atoms with E-state index in [4.69, 9.17) is 0 Å². The molecule has 3 heterocycles. The minimum Gasteiger partial charge on any atom is -0.353 e.